The first-order valence-electron chi connectivity index (χ1n) is 9.69. The maximum Gasteiger partial charge on any atom is 0.340 e. The Labute approximate surface area is 179 Å². The van der Waals surface area contributed by atoms with Gasteiger partial charge >= 0.3 is 5.97 Å². The van der Waals surface area contributed by atoms with Crippen molar-refractivity contribution < 1.29 is 14.6 Å². The van der Waals surface area contributed by atoms with Crippen LogP contribution in [-0.2, 0) is 17.5 Å². The second-order valence-corrected chi connectivity index (χ2v) is 7.88. The Bertz CT molecular complexity index is 1190. The van der Waals surface area contributed by atoms with Crippen LogP contribution in [0.3, 0.4) is 0 Å². The summed E-state index contributed by atoms with van der Waals surface area (Å²) in [6.45, 7) is 2.08. The average molecular weight is 419 g/mol. The number of carbonyl (C=O) groups is 1. The molecule has 0 bridgehead atoms. The van der Waals surface area contributed by atoms with Crippen molar-refractivity contribution in [2.45, 2.75) is 17.6 Å². The number of rotatable bonds is 6. The fourth-order valence-corrected chi connectivity index (χ4v) is 4.54. The number of hydrogen-bond donors (Lipinski definition) is 1. The second kappa shape index (κ2) is 8.63. The summed E-state index contributed by atoms with van der Waals surface area (Å²) in [6, 6.07) is 17.3. The Hall–Kier alpha value is -3.25. The predicted molar refractivity (Wildman–Crippen MR) is 120 cm³/mol. The molecule has 6 heteroatoms. The van der Waals surface area contributed by atoms with E-state index in [0.29, 0.717) is 28.9 Å². The lowest BCUT2D eigenvalue weighted by atomic mass is 10.0. The molecule has 4 aromatic rings. The molecule has 0 atom stereocenters. The molecule has 2 aromatic carbocycles. The number of ether oxygens (including phenoxy) is 1. The van der Waals surface area contributed by atoms with Gasteiger partial charge in [0.2, 0.25) is 0 Å². The first-order valence-corrected chi connectivity index (χ1v) is 10.7. The van der Waals surface area contributed by atoms with Crippen LogP contribution in [0.4, 0.5) is 0 Å². The third-order valence-corrected chi connectivity index (χ3v) is 6.03. The second-order valence-electron chi connectivity index (χ2n) is 6.83. The summed E-state index contributed by atoms with van der Waals surface area (Å²) in [6.07, 6.45) is 3.40. The Morgan fingerprint density at radius 3 is 2.67 bits per heavy atom. The zero-order valence-corrected chi connectivity index (χ0v) is 17.6. The number of hydrogen-bond acceptors (Lipinski definition) is 5. The summed E-state index contributed by atoms with van der Waals surface area (Å²) in [5, 5.41) is 11.4. The van der Waals surface area contributed by atoms with Gasteiger partial charge in [0.1, 0.15) is 5.75 Å². The summed E-state index contributed by atoms with van der Waals surface area (Å²) in [5.41, 5.74) is 3.72. The molecule has 1 N–H and O–H groups in total. The maximum atomic E-state index is 12.8. The van der Waals surface area contributed by atoms with Crippen molar-refractivity contribution in [1.82, 2.24) is 9.55 Å². The summed E-state index contributed by atoms with van der Waals surface area (Å²) in [7, 11) is 1.94. The molecule has 0 aliphatic carbocycles. The molecule has 0 saturated carbocycles. The molecule has 0 fully saturated rings. The molecule has 0 spiro atoms. The Balaban J connectivity index is 1.85. The number of nitrogens with zero attached hydrogens (tertiary/aromatic N) is 2. The summed E-state index contributed by atoms with van der Waals surface area (Å²) in [5.74, 6) is 0.334. The van der Waals surface area contributed by atoms with E-state index < -0.39 is 0 Å². The van der Waals surface area contributed by atoms with E-state index in [1.807, 2.05) is 60.1 Å². The van der Waals surface area contributed by atoms with Gasteiger partial charge in [-0.3, -0.25) is 4.98 Å². The largest absolute Gasteiger partial charge is 0.507 e. The van der Waals surface area contributed by atoms with Crippen LogP contribution in [-0.4, -0.2) is 27.2 Å². The average Bonchev–Trinajstić information content (AvgIpc) is 3.04. The zero-order chi connectivity index (χ0) is 21.1. The zero-order valence-electron chi connectivity index (χ0n) is 16.8. The highest BCUT2D eigenvalue weighted by molar-refractivity contribution is 7.98. The third-order valence-electron chi connectivity index (χ3n) is 5.01. The van der Waals surface area contributed by atoms with Crippen LogP contribution >= 0.6 is 11.8 Å². The molecular formula is C24H22N2O3S. The summed E-state index contributed by atoms with van der Waals surface area (Å²) >= 11 is 1.66. The van der Waals surface area contributed by atoms with Crippen LogP contribution in [0.1, 0.15) is 23.0 Å². The van der Waals surface area contributed by atoms with E-state index >= 15 is 0 Å². The highest BCUT2D eigenvalue weighted by atomic mass is 32.2. The Morgan fingerprint density at radius 2 is 1.97 bits per heavy atom. The van der Waals surface area contributed by atoms with Crippen molar-refractivity contribution in [3.8, 4) is 16.9 Å². The van der Waals surface area contributed by atoms with Gasteiger partial charge in [-0.15, -0.1) is 11.8 Å². The van der Waals surface area contributed by atoms with Crippen LogP contribution in [0, 0.1) is 0 Å². The van der Waals surface area contributed by atoms with Crippen molar-refractivity contribution >= 4 is 28.6 Å². The standard InChI is InChI=1S/C24H22N2O3S/c1-3-29-24(28)23-19-13-22(27)18(16-8-7-11-25-14-16)12-20(19)26(2)21(23)15-30-17-9-5-4-6-10-17/h4-14,27H,3,15H2,1-2H3. The number of phenolic OH excluding ortho intramolecular Hbond substituents is 1. The van der Waals surface area contributed by atoms with Gasteiger partial charge in [-0.05, 0) is 37.3 Å². The van der Waals surface area contributed by atoms with Crippen LogP contribution in [0.25, 0.3) is 22.0 Å². The quantitative estimate of drug-likeness (QED) is 0.335. The molecule has 5 nitrogen and oxygen atoms in total. The van der Waals surface area contributed by atoms with Gasteiger partial charge in [0.15, 0.2) is 0 Å². The summed E-state index contributed by atoms with van der Waals surface area (Å²) in [4.78, 5) is 18.1. The topological polar surface area (TPSA) is 64.4 Å². The third kappa shape index (κ3) is 3.78. The molecule has 2 aromatic heterocycles. The van der Waals surface area contributed by atoms with Gasteiger partial charge in [0.25, 0.3) is 0 Å². The smallest absolute Gasteiger partial charge is 0.340 e. The number of benzene rings is 2. The number of pyridine rings is 1. The number of aromatic hydroxyl groups is 1. The fraction of sp³-hybridized carbons (Fsp3) is 0.167. The number of carbonyl (C=O) groups excluding carboxylic acids is 1. The van der Waals surface area contributed by atoms with Crippen LogP contribution < -0.4 is 0 Å². The minimum atomic E-state index is -0.375. The van der Waals surface area contributed by atoms with Gasteiger partial charge < -0.3 is 14.4 Å². The van der Waals surface area contributed by atoms with Crippen molar-refractivity contribution in [2.75, 3.05) is 6.61 Å². The van der Waals surface area contributed by atoms with Crippen molar-refractivity contribution in [1.29, 1.82) is 0 Å². The predicted octanol–water partition coefficient (Wildman–Crippen LogP) is 5.41. The van der Waals surface area contributed by atoms with Gasteiger partial charge in [-0.2, -0.15) is 0 Å². The normalized spacial score (nSPS) is 11.0. The minimum absolute atomic E-state index is 0.105. The minimum Gasteiger partial charge on any atom is -0.507 e. The number of aromatic nitrogens is 2. The fourth-order valence-electron chi connectivity index (χ4n) is 3.54. The maximum absolute atomic E-state index is 12.8. The van der Waals surface area contributed by atoms with E-state index in [0.717, 1.165) is 21.7 Å². The first-order chi connectivity index (χ1) is 14.6. The van der Waals surface area contributed by atoms with Crippen molar-refractivity contribution in [3.05, 3.63) is 78.2 Å². The van der Waals surface area contributed by atoms with Crippen LogP contribution in [0.5, 0.6) is 5.75 Å². The van der Waals surface area contributed by atoms with E-state index in [-0.39, 0.29) is 11.7 Å². The van der Waals surface area contributed by atoms with E-state index in [2.05, 4.69) is 4.98 Å². The molecule has 0 aliphatic heterocycles. The number of thioether (sulfide) groups is 1. The van der Waals surface area contributed by atoms with E-state index in [9.17, 15) is 9.90 Å². The van der Waals surface area contributed by atoms with Gasteiger partial charge in [-0.1, -0.05) is 24.3 Å². The molecule has 0 aliphatic rings. The highest BCUT2D eigenvalue weighted by Gasteiger charge is 2.24. The Kier molecular flexibility index (Phi) is 5.77. The number of fused-ring (bicyclic) bond motifs is 1. The lowest BCUT2D eigenvalue weighted by Gasteiger charge is -2.08. The molecule has 0 amide bonds. The van der Waals surface area contributed by atoms with Crippen molar-refractivity contribution in [2.24, 2.45) is 7.05 Å². The Morgan fingerprint density at radius 1 is 1.17 bits per heavy atom. The number of esters is 1. The lowest BCUT2D eigenvalue weighted by molar-refractivity contribution is 0.0527. The SMILES string of the molecule is CCOC(=O)c1c(CSc2ccccc2)n(C)c2cc(-c3cccnc3)c(O)cc12. The lowest BCUT2D eigenvalue weighted by Crippen LogP contribution is -2.08. The molecule has 30 heavy (non-hydrogen) atoms. The molecule has 0 radical (unpaired) electrons. The molecular weight excluding hydrogens is 396 g/mol. The number of phenols is 1. The van der Waals surface area contributed by atoms with Crippen LogP contribution in [0.2, 0.25) is 0 Å². The molecule has 4 rings (SSSR count). The first kappa shape index (κ1) is 20.0. The molecule has 0 unspecified atom stereocenters. The number of aryl methyl sites for hydroxylation is 1. The van der Waals surface area contributed by atoms with Crippen LogP contribution in [0.15, 0.2) is 71.9 Å². The van der Waals surface area contributed by atoms with Gasteiger partial charge in [-0.25, -0.2) is 4.79 Å². The monoisotopic (exact) mass is 418 g/mol. The molecule has 0 saturated heterocycles. The van der Waals surface area contributed by atoms with Crippen molar-refractivity contribution in [3.63, 3.8) is 0 Å². The molecule has 2 heterocycles. The summed E-state index contributed by atoms with van der Waals surface area (Å²) < 4.78 is 7.35. The van der Waals surface area contributed by atoms with Gasteiger partial charge in [0, 0.05) is 57.8 Å². The molecule has 152 valence electrons. The van der Waals surface area contributed by atoms with E-state index in [4.69, 9.17) is 4.74 Å². The van der Waals surface area contributed by atoms with E-state index in [1.54, 1.807) is 37.1 Å². The van der Waals surface area contributed by atoms with E-state index in [1.165, 1.54) is 0 Å². The van der Waals surface area contributed by atoms with Gasteiger partial charge in [0.05, 0.1) is 12.2 Å². The highest BCUT2D eigenvalue weighted by Crippen LogP contribution is 2.38.